The molecule has 4 rings (SSSR count). The Kier molecular flexibility index (Phi) is 9.77. The van der Waals surface area contributed by atoms with E-state index in [1.54, 1.807) is 61.5 Å². The summed E-state index contributed by atoms with van der Waals surface area (Å²) in [5.74, 6) is -1.35. The van der Waals surface area contributed by atoms with Crippen LogP contribution in [-0.4, -0.2) is 48.7 Å². The third-order valence-electron chi connectivity index (χ3n) is 6.42. The minimum Gasteiger partial charge on any atom is -0.497 e. The van der Waals surface area contributed by atoms with Gasteiger partial charge in [-0.2, -0.15) is 0 Å². The summed E-state index contributed by atoms with van der Waals surface area (Å²) in [6.07, 6.45) is 1.31. The van der Waals surface area contributed by atoms with E-state index in [-0.39, 0.29) is 24.5 Å². The molecule has 0 aliphatic heterocycles. The first kappa shape index (κ1) is 30.1. The van der Waals surface area contributed by atoms with Crippen LogP contribution in [0.2, 0.25) is 5.02 Å². The minimum absolute atomic E-state index is 0.161. The molecule has 0 aliphatic carbocycles. The van der Waals surface area contributed by atoms with E-state index in [9.17, 15) is 19.2 Å². The Morgan fingerprint density at radius 1 is 0.905 bits per heavy atom. The van der Waals surface area contributed by atoms with Gasteiger partial charge in [0.25, 0.3) is 5.91 Å². The molecular formula is C32H28ClNO8. The lowest BCUT2D eigenvalue weighted by atomic mass is 10.1. The van der Waals surface area contributed by atoms with Gasteiger partial charge in [-0.1, -0.05) is 18.2 Å². The number of methoxy groups -OCH3 is 1. The van der Waals surface area contributed by atoms with E-state index in [0.29, 0.717) is 57.3 Å². The first-order valence-electron chi connectivity index (χ1n) is 13.0. The van der Waals surface area contributed by atoms with E-state index >= 15 is 0 Å². The Balaban J connectivity index is 1.46. The number of halogens is 1. The zero-order chi connectivity index (χ0) is 30.2. The highest BCUT2D eigenvalue weighted by Crippen LogP contribution is 2.31. The number of hydrogen-bond acceptors (Lipinski definition) is 8. The van der Waals surface area contributed by atoms with E-state index in [1.165, 1.54) is 23.8 Å². The molecule has 1 aromatic heterocycles. The van der Waals surface area contributed by atoms with Gasteiger partial charge in [-0.05, 0) is 79.2 Å². The molecule has 0 atom stereocenters. The van der Waals surface area contributed by atoms with Crippen molar-refractivity contribution < 1.29 is 38.1 Å². The molecule has 0 N–H and O–H groups in total. The molecule has 0 saturated heterocycles. The van der Waals surface area contributed by atoms with Crippen LogP contribution < -0.4 is 9.47 Å². The van der Waals surface area contributed by atoms with Crippen molar-refractivity contribution in [2.24, 2.45) is 0 Å². The molecule has 0 fully saturated rings. The zero-order valence-electron chi connectivity index (χ0n) is 23.1. The van der Waals surface area contributed by atoms with E-state index < -0.39 is 17.9 Å². The second kappa shape index (κ2) is 13.6. The molecule has 0 amide bonds. The lowest BCUT2D eigenvalue weighted by Gasteiger charge is -2.08. The maximum Gasteiger partial charge on any atom is 0.345 e. The number of esters is 3. The topological polar surface area (TPSA) is 110 Å². The number of aromatic nitrogens is 1. The predicted molar refractivity (Wildman–Crippen MR) is 156 cm³/mol. The highest BCUT2D eigenvalue weighted by atomic mass is 35.5. The van der Waals surface area contributed by atoms with Gasteiger partial charge in [0.15, 0.2) is 0 Å². The Morgan fingerprint density at radius 2 is 1.57 bits per heavy atom. The summed E-state index contributed by atoms with van der Waals surface area (Å²) >= 11 is 5.99. The smallest absolute Gasteiger partial charge is 0.345 e. The summed E-state index contributed by atoms with van der Waals surface area (Å²) in [7, 11) is 1.52. The molecule has 0 aliphatic rings. The molecule has 9 nitrogen and oxygen atoms in total. The van der Waals surface area contributed by atoms with Crippen LogP contribution in [0.4, 0.5) is 0 Å². The van der Waals surface area contributed by atoms with E-state index in [4.69, 9.17) is 30.5 Å². The van der Waals surface area contributed by atoms with Crippen LogP contribution in [0.25, 0.3) is 10.9 Å². The van der Waals surface area contributed by atoms with Gasteiger partial charge in [0.1, 0.15) is 11.5 Å². The molecule has 0 spiro atoms. The molecule has 0 radical (unpaired) electrons. The van der Waals surface area contributed by atoms with Crippen LogP contribution >= 0.6 is 11.6 Å². The first-order valence-corrected chi connectivity index (χ1v) is 13.3. The SMILES string of the molecule is C=CC(=O)OCCCOc1ccc(C(=O)OC(=O)Cc2c(C)n(C(=O)c3ccc(Cl)cc3)c3ccc(OC)cc23)cc1. The minimum atomic E-state index is -0.820. The van der Waals surface area contributed by atoms with E-state index in [1.807, 2.05) is 0 Å². The molecular weight excluding hydrogens is 562 g/mol. The second-order valence-electron chi connectivity index (χ2n) is 9.13. The quantitative estimate of drug-likeness (QED) is 0.0945. The Bertz CT molecular complexity index is 1640. The average Bonchev–Trinajstić information content (AvgIpc) is 3.26. The van der Waals surface area contributed by atoms with Gasteiger partial charge in [0, 0.05) is 34.2 Å². The lowest BCUT2D eigenvalue weighted by Crippen LogP contribution is -2.16. The largest absolute Gasteiger partial charge is 0.497 e. The number of carbonyl (C=O) groups is 4. The first-order chi connectivity index (χ1) is 20.2. The summed E-state index contributed by atoms with van der Waals surface area (Å²) in [5.41, 5.74) is 2.23. The fourth-order valence-electron chi connectivity index (χ4n) is 4.31. The molecule has 0 saturated carbocycles. The maximum absolute atomic E-state index is 13.5. The molecule has 42 heavy (non-hydrogen) atoms. The molecule has 1 heterocycles. The van der Waals surface area contributed by atoms with Gasteiger partial charge in [-0.25, -0.2) is 9.59 Å². The molecule has 0 unspecified atom stereocenters. The molecule has 10 heteroatoms. The Morgan fingerprint density at radius 3 is 2.24 bits per heavy atom. The average molecular weight is 590 g/mol. The van der Waals surface area contributed by atoms with Crippen LogP contribution in [0.3, 0.4) is 0 Å². The van der Waals surface area contributed by atoms with E-state index in [0.717, 1.165) is 6.08 Å². The third kappa shape index (κ3) is 7.05. The molecule has 216 valence electrons. The summed E-state index contributed by atoms with van der Waals surface area (Å²) in [5, 5.41) is 1.13. The van der Waals surface area contributed by atoms with Crippen LogP contribution in [0.15, 0.2) is 79.4 Å². The summed E-state index contributed by atoms with van der Waals surface area (Å²) in [6.45, 7) is 5.54. The summed E-state index contributed by atoms with van der Waals surface area (Å²) in [4.78, 5) is 50.1. The number of nitrogens with zero attached hydrogens (tertiary/aromatic N) is 1. The number of carbonyl (C=O) groups excluding carboxylic acids is 4. The van der Waals surface area contributed by atoms with Crippen molar-refractivity contribution in [3.8, 4) is 11.5 Å². The third-order valence-corrected chi connectivity index (χ3v) is 6.67. The number of fused-ring (bicyclic) bond motifs is 1. The summed E-state index contributed by atoms with van der Waals surface area (Å²) < 4.78 is 22.5. The van der Waals surface area contributed by atoms with Gasteiger partial charge in [-0.15, -0.1) is 0 Å². The van der Waals surface area contributed by atoms with Crippen LogP contribution in [0.5, 0.6) is 11.5 Å². The van der Waals surface area contributed by atoms with Crippen molar-refractivity contribution in [2.45, 2.75) is 19.8 Å². The molecule has 3 aromatic carbocycles. The standard InChI is InChI=1S/C32H28ClNO8/c1-4-29(35)41-17-5-16-40-24-12-8-22(9-13-24)32(38)42-30(36)19-26-20(2)34(28-15-14-25(39-3)18-27(26)28)31(37)21-6-10-23(33)11-7-21/h4,6-15,18H,1,5,16-17,19H2,2-3H3. The fraction of sp³-hybridized carbons (Fsp3) is 0.188. The lowest BCUT2D eigenvalue weighted by molar-refractivity contribution is -0.138. The predicted octanol–water partition coefficient (Wildman–Crippen LogP) is 5.72. The van der Waals surface area contributed by atoms with Gasteiger partial charge < -0.3 is 18.9 Å². The van der Waals surface area contributed by atoms with Crippen molar-refractivity contribution in [1.29, 1.82) is 0 Å². The van der Waals surface area contributed by atoms with Crippen LogP contribution in [0, 0.1) is 6.92 Å². The molecule has 4 aromatic rings. The number of rotatable bonds is 11. The number of hydrogen-bond donors (Lipinski definition) is 0. The van der Waals surface area contributed by atoms with Gasteiger partial charge in [0.05, 0.1) is 37.8 Å². The fourth-order valence-corrected chi connectivity index (χ4v) is 4.43. The van der Waals surface area contributed by atoms with Gasteiger partial charge in [-0.3, -0.25) is 14.2 Å². The maximum atomic E-state index is 13.5. The Hall–Kier alpha value is -4.89. The zero-order valence-corrected chi connectivity index (χ0v) is 23.8. The van der Waals surface area contributed by atoms with Crippen molar-refractivity contribution in [3.05, 3.63) is 107 Å². The van der Waals surface area contributed by atoms with E-state index in [2.05, 4.69) is 6.58 Å². The number of benzene rings is 3. The highest BCUT2D eigenvalue weighted by Gasteiger charge is 2.24. The van der Waals surface area contributed by atoms with Crippen LogP contribution in [0.1, 0.15) is 38.4 Å². The van der Waals surface area contributed by atoms with Crippen molar-refractivity contribution in [3.63, 3.8) is 0 Å². The Labute approximate surface area is 247 Å². The monoisotopic (exact) mass is 589 g/mol. The normalized spacial score (nSPS) is 10.6. The summed E-state index contributed by atoms with van der Waals surface area (Å²) in [6, 6.07) is 17.8. The van der Waals surface area contributed by atoms with Crippen molar-refractivity contribution in [2.75, 3.05) is 20.3 Å². The van der Waals surface area contributed by atoms with Crippen LogP contribution in [-0.2, 0) is 25.5 Å². The van der Waals surface area contributed by atoms with Crippen molar-refractivity contribution >= 4 is 46.3 Å². The van der Waals surface area contributed by atoms with Gasteiger partial charge >= 0.3 is 17.9 Å². The number of ether oxygens (including phenoxy) is 4. The highest BCUT2D eigenvalue weighted by molar-refractivity contribution is 6.30. The van der Waals surface area contributed by atoms with Crippen molar-refractivity contribution in [1.82, 2.24) is 4.57 Å². The second-order valence-corrected chi connectivity index (χ2v) is 9.57. The molecule has 0 bridgehead atoms. The van der Waals surface area contributed by atoms with Gasteiger partial charge in [0.2, 0.25) is 0 Å².